The summed E-state index contributed by atoms with van der Waals surface area (Å²) in [4.78, 5) is 0. The molecule has 0 heterocycles. The van der Waals surface area contributed by atoms with Crippen molar-refractivity contribution in [3.8, 4) is 0 Å². The van der Waals surface area contributed by atoms with Gasteiger partial charge in [-0.15, -0.1) is 0 Å². The van der Waals surface area contributed by atoms with E-state index >= 15 is 0 Å². The maximum absolute atomic E-state index is 5.91. The molecule has 1 aromatic rings. The predicted molar refractivity (Wildman–Crippen MR) is 76.4 cm³/mol. The molecule has 0 aromatic heterocycles. The third kappa shape index (κ3) is 3.95. The molecule has 0 aliphatic rings. The molecule has 0 radical (unpaired) electrons. The van der Waals surface area contributed by atoms with Gasteiger partial charge in [-0.1, -0.05) is 44.5 Å². The Morgan fingerprint density at radius 3 is 2.22 bits per heavy atom. The zero-order valence-electron chi connectivity index (χ0n) is 11.5. The minimum Gasteiger partial charge on any atom is -0.376 e. The molecule has 0 fully saturated rings. The van der Waals surface area contributed by atoms with E-state index in [-0.39, 0.29) is 17.6 Å². The van der Waals surface area contributed by atoms with E-state index in [0.29, 0.717) is 6.61 Å². The van der Waals surface area contributed by atoms with Gasteiger partial charge in [0.2, 0.25) is 0 Å². The van der Waals surface area contributed by atoms with Gasteiger partial charge in [0, 0.05) is 11.6 Å². The minimum atomic E-state index is -0.0535. The summed E-state index contributed by atoms with van der Waals surface area (Å²) in [5, 5.41) is 0.721. The van der Waals surface area contributed by atoms with Gasteiger partial charge in [0.15, 0.2) is 0 Å². The smallest absolute Gasteiger partial charge is 0.0830 e. The molecule has 4 heteroatoms. The summed E-state index contributed by atoms with van der Waals surface area (Å²) in [6, 6.07) is 7.64. The molecule has 1 rings (SSSR count). The normalized spacial score (nSPS) is 15.4. The summed E-state index contributed by atoms with van der Waals surface area (Å²) >= 11 is 5.91. The lowest BCUT2D eigenvalue weighted by Gasteiger charge is -2.36. The second kappa shape index (κ2) is 6.53. The standard InChI is InChI=1S/C14H23ClN2O/c1-5-18-13(14(2,3)4)12(17-16)10-6-8-11(15)9-7-10/h6-9,12-13,17H,5,16H2,1-4H3. The highest BCUT2D eigenvalue weighted by atomic mass is 35.5. The Morgan fingerprint density at radius 1 is 1.28 bits per heavy atom. The first-order valence-corrected chi connectivity index (χ1v) is 6.61. The van der Waals surface area contributed by atoms with E-state index in [1.54, 1.807) is 0 Å². The monoisotopic (exact) mass is 270 g/mol. The van der Waals surface area contributed by atoms with E-state index < -0.39 is 0 Å². The summed E-state index contributed by atoms with van der Waals surface area (Å²) in [7, 11) is 0. The van der Waals surface area contributed by atoms with Gasteiger partial charge >= 0.3 is 0 Å². The Morgan fingerprint density at radius 2 is 1.83 bits per heavy atom. The van der Waals surface area contributed by atoms with Gasteiger partial charge in [0.1, 0.15) is 0 Å². The van der Waals surface area contributed by atoms with E-state index in [9.17, 15) is 0 Å². The Hall–Kier alpha value is -0.610. The van der Waals surface area contributed by atoms with Crippen LogP contribution in [0.4, 0.5) is 0 Å². The number of ether oxygens (including phenoxy) is 1. The second-order valence-electron chi connectivity index (χ2n) is 5.44. The van der Waals surface area contributed by atoms with E-state index in [1.165, 1.54) is 0 Å². The quantitative estimate of drug-likeness (QED) is 0.638. The first kappa shape index (κ1) is 15.4. The summed E-state index contributed by atoms with van der Waals surface area (Å²) in [5.41, 5.74) is 3.93. The van der Waals surface area contributed by atoms with Crippen LogP contribution in [0.2, 0.25) is 5.02 Å². The van der Waals surface area contributed by atoms with Crippen molar-refractivity contribution >= 4 is 11.6 Å². The number of nitrogens with two attached hydrogens (primary N) is 1. The highest BCUT2D eigenvalue weighted by Crippen LogP contribution is 2.32. The fourth-order valence-corrected chi connectivity index (χ4v) is 2.18. The second-order valence-corrected chi connectivity index (χ2v) is 5.87. The number of hydrogen-bond acceptors (Lipinski definition) is 3. The average Bonchev–Trinajstić information content (AvgIpc) is 2.30. The first-order chi connectivity index (χ1) is 8.40. The Labute approximate surface area is 115 Å². The highest BCUT2D eigenvalue weighted by Gasteiger charge is 2.33. The van der Waals surface area contributed by atoms with Gasteiger partial charge in [-0.2, -0.15) is 0 Å². The van der Waals surface area contributed by atoms with Crippen LogP contribution in [0, 0.1) is 5.41 Å². The van der Waals surface area contributed by atoms with Crippen LogP contribution in [0.3, 0.4) is 0 Å². The minimum absolute atomic E-state index is 0.00586. The van der Waals surface area contributed by atoms with Crippen LogP contribution in [0.5, 0.6) is 0 Å². The Bertz CT molecular complexity index is 359. The molecular weight excluding hydrogens is 248 g/mol. The fourth-order valence-electron chi connectivity index (χ4n) is 2.05. The molecule has 0 amide bonds. The fraction of sp³-hybridized carbons (Fsp3) is 0.571. The van der Waals surface area contributed by atoms with Crippen molar-refractivity contribution in [2.24, 2.45) is 11.3 Å². The topological polar surface area (TPSA) is 47.3 Å². The molecule has 18 heavy (non-hydrogen) atoms. The number of rotatable bonds is 5. The molecule has 0 saturated carbocycles. The average molecular weight is 271 g/mol. The molecule has 0 aliphatic carbocycles. The van der Waals surface area contributed by atoms with Gasteiger partial charge in [0.05, 0.1) is 12.1 Å². The van der Waals surface area contributed by atoms with Crippen molar-refractivity contribution in [3.05, 3.63) is 34.9 Å². The maximum atomic E-state index is 5.91. The van der Waals surface area contributed by atoms with Crippen LogP contribution >= 0.6 is 11.6 Å². The zero-order chi connectivity index (χ0) is 13.8. The van der Waals surface area contributed by atoms with Gasteiger partial charge in [0.25, 0.3) is 0 Å². The molecule has 2 unspecified atom stereocenters. The molecule has 0 spiro atoms. The lowest BCUT2D eigenvalue weighted by atomic mass is 9.82. The van der Waals surface area contributed by atoms with Crippen molar-refractivity contribution in [2.75, 3.05) is 6.61 Å². The molecule has 1 aromatic carbocycles. The summed E-state index contributed by atoms with van der Waals surface area (Å²) in [5.74, 6) is 5.71. The Balaban J connectivity index is 3.02. The largest absolute Gasteiger partial charge is 0.376 e. The molecule has 2 atom stereocenters. The van der Waals surface area contributed by atoms with Crippen molar-refractivity contribution in [1.29, 1.82) is 0 Å². The van der Waals surface area contributed by atoms with Crippen molar-refractivity contribution < 1.29 is 4.74 Å². The number of halogens is 1. The molecule has 0 saturated heterocycles. The van der Waals surface area contributed by atoms with Crippen LogP contribution in [0.1, 0.15) is 39.3 Å². The number of hydrogen-bond donors (Lipinski definition) is 2. The molecule has 3 nitrogen and oxygen atoms in total. The van der Waals surface area contributed by atoms with E-state index in [4.69, 9.17) is 22.2 Å². The van der Waals surface area contributed by atoms with E-state index in [2.05, 4.69) is 26.2 Å². The van der Waals surface area contributed by atoms with Gasteiger partial charge in [-0.05, 0) is 30.0 Å². The lowest BCUT2D eigenvalue weighted by Crippen LogP contribution is -2.44. The molecule has 3 N–H and O–H groups in total. The number of hydrazine groups is 1. The zero-order valence-corrected chi connectivity index (χ0v) is 12.3. The van der Waals surface area contributed by atoms with Gasteiger partial charge < -0.3 is 4.74 Å². The van der Waals surface area contributed by atoms with E-state index in [1.807, 2.05) is 31.2 Å². The van der Waals surface area contributed by atoms with Crippen LogP contribution in [0.25, 0.3) is 0 Å². The highest BCUT2D eigenvalue weighted by molar-refractivity contribution is 6.30. The summed E-state index contributed by atoms with van der Waals surface area (Å²) in [6.07, 6.45) is -0.00586. The van der Waals surface area contributed by atoms with Crippen molar-refractivity contribution in [1.82, 2.24) is 5.43 Å². The molecule has 0 bridgehead atoms. The predicted octanol–water partition coefficient (Wildman–Crippen LogP) is 3.30. The van der Waals surface area contributed by atoms with Crippen molar-refractivity contribution in [3.63, 3.8) is 0 Å². The number of nitrogens with one attached hydrogen (secondary N) is 1. The number of benzene rings is 1. The molecule has 102 valence electrons. The van der Waals surface area contributed by atoms with Gasteiger partial charge in [-0.25, -0.2) is 0 Å². The third-order valence-electron chi connectivity index (χ3n) is 2.91. The summed E-state index contributed by atoms with van der Waals surface area (Å²) < 4.78 is 5.87. The molecular formula is C14H23ClN2O. The van der Waals surface area contributed by atoms with Crippen LogP contribution in [0.15, 0.2) is 24.3 Å². The van der Waals surface area contributed by atoms with Crippen LogP contribution in [-0.4, -0.2) is 12.7 Å². The Kier molecular flexibility index (Phi) is 5.60. The summed E-state index contributed by atoms with van der Waals surface area (Å²) in [6.45, 7) is 9.09. The van der Waals surface area contributed by atoms with Crippen molar-refractivity contribution in [2.45, 2.75) is 39.8 Å². The van der Waals surface area contributed by atoms with Gasteiger partial charge in [-0.3, -0.25) is 11.3 Å². The SMILES string of the molecule is CCOC(C(NN)c1ccc(Cl)cc1)C(C)(C)C. The maximum Gasteiger partial charge on any atom is 0.0830 e. The van der Waals surface area contributed by atoms with E-state index in [0.717, 1.165) is 10.6 Å². The van der Waals surface area contributed by atoms with Crippen LogP contribution in [-0.2, 0) is 4.74 Å². The molecule has 0 aliphatic heterocycles. The lowest BCUT2D eigenvalue weighted by molar-refractivity contribution is -0.0366. The van der Waals surface area contributed by atoms with Crippen LogP contribution < -0.4 is 11.3 Å². The third-order valence-corrected chi connectivity index (χ3v) is 3.16. The first-order valence-electron chi connectivity index (χ1n) is 6.23.